The van der Waals surface area contributed by atoms with E-state index >= 15 is 0 Å². The van der Waals surface area contributed by atoms with Crippen LogP contribution in [0.2, 0.25) is 0 Å². The van der Waals surface area contributed by atoms with Crippen molar-refractivity contribution in [2.45, 2.75) is 26.4 Å². The molecule has 5 nitrogen and oxygen atoms in total. The highest BCUT2D eigenvalue weighted by molar-refractivity contribution is 6.06. The third kappa shape index (κ3) is 4.36. The van der Waals surface area contributed by atoms with Crippen LogP contribution in [0, 0.1) is 6.92 Å². The number of carboxylic acid groups (broad SMARTS) is 1. The van der Waals surface area contributed by atoms with Crippen molar-refractivity contribution in [3.05, 3.63) is 107 Å². The molecule has 2 N–H and O–H groups in total. The molecule has 0 fully saturated rings. The number of rotatable bonds is 6. The van der Waals surface area contributed by atoms with Crippen molar-refractivity contribution in [1.29, 1.82) is 0 Å². The van der Waals surface area contributed by atoms with Gasteiger partial charge in [0.05, 0.1) is 22.7 Å². The van der Waals surface area contributed by atoms with Crippen molar-refractivity contribution >= 4 is 22.8 Å². The maximum Gasteiger partial charge on any atom is 0.335 e. The summed E-state index contributed by atoms with van der Waals surface area (Å²) in [5, 5.41) is 13.1. The Hall–Kier alpha value is -3.86. The Bertz CT molecular complexity index is 1240. The van der Waals surface area contributed by atoms with E-state index in [2.05, 4.69) is 41.1 Å². The van der Waals surface area contributed by atoms with Crippen LogP contribution < -0.4 is 5.32 Å². The van der Waals surface area contributed by atoms with Crippen LogP contribution in [-0.4, -0.2) is 21.6 Å². The lowest BCUT2D eigenvalue weighted by molar-refractivity contribution is 0.0696. The minimum Gasteiger partial charge on any atom is -0.478 e. The molecule has 0 saturated heterocycles. The highest BCUT2D eigenvalue weighted by Crippen LogP contribution is 2.23. The number of nitrogens with one attached hydrogen (secondary N) is 1. The van der Waals surface area contributed by atoms with Gasteiger partial charge in [-0.05, 0) is 49.2 Å². The third-order valence-electron chi connectivity index (χ3n) is 5.51. The van der Waals surface area contributed by atoms with Crippen LogP contribution in [0.15, 0.2) is 79.0 Å². The van der Waals surface area contributed by atoms with Gasteiger partial charge in [-0.3, -0.25) is 4.79 Å². The van der Waals surface area contributed by atoms with Crippen molar-refractivity contribution in [2.24, 2.45) is 0 Å². The highest BCUT2D eigenvalue weighted by Gasteiger charge is 2.17. The molecule has 0 unspecified atom stereocenters. The van der Waals surface area contributed by atoms with Crippen LogP contribution in [0.4, 0.5) is 0 Å². The van der Waals surface area contributed by atoms with E-state index < -0.39 is 5.97 Å². The van der Waals surface area contributed by atoms with Gasteiger partial charge in [-0.15, -0.1) is 0 Å². The molecule has 31 heavy (non-hydrogen) atoms. The molecule has 0 aliphatic heterocycles. The van der Waals surface area contributed by atoms with Gasteiger partial charge in [0.25, 0.3) is 5.91 Å². The van der Waals surface area contributed by atoms with Gasteiger partial charge >= 0.3 is 5.97 Å². The fourth-order valence-corrected chi connectivity index (χ4v) is 3.74. The highest BCUT2D eigenvalue weighted by atomic mass is 16.4. The van der Waals surface area contributed by atoms with Crippen molar-refractivity contribution in [2.75, 3.05) is 0 Å². The summed E-state index contributed by atoms with van der Waals surface area (Å²) in [6.45, 7) is 4.63. The van der Waals surface area contributed by atoms with Gasteiger partial charge in [0.15, 0.2) is 0 Å². The number of aryl methyl sites for hydroxylation is 1. The summed E-state index contributed by atoms with van der Waals surface area (Å²) < 4.78 is 2.10. The zero-order valence-corrected chi connectivity index (χ0v) is 17.5. The molecule has 5 heteroatoms. The average Bonchev–Trinajstić information content (AvgIpc) is 3.18. The quantitative estimate of drug-likeness (QED) is 0.458. The monoisotopic (exact) mass is 412 g/mol. The van der Waals surface area contributed by atoms with E-state index in [0.717, 1.165) is 16.5 Å². The molecule has 0 aliphatic carbocycles. The van der Waals surface area contributed by atoms with Gasteiger partial charge in [-0.25, -0.2) is 4.79 Å². The zero-order chi connectivity index (χ0) is 22.0. The Balaban J connectivity index is 1.59. The van der Waals surface area contributed by atoms with Crippen molar-refractivity contribution in [3.8, 4) is 0 Å². The molecule has 4 aromatic rings. The van der Waals surface area contributed by atoms with Crippen LogP contribution in [0.1, 0.15) is 50.4 Å². The van der Waals surface area contributed by atoms with E-state index in [0.29, 0.717) is 12.1 Å². The summed E-state index contributed by atoms with van der Waals surface area (Å²) in [5.74, 6) is -1.13. The molecular weight excluding hydrogens is 388 g/mol. The first-order valence-corrected chi connectivity index (χ1v) is 10.2. The summed E-state index contributed by atoms with van der Waals surface area (Å²) in [4.78, 5) is 24.2. The first kappa shape index (κ1) is 20.4. The summed E-state index contributed by atoms with van der Waals surface area (Å²) in [5.41, 5.74) is 4.97. The van der Waals surface area contributed by atoms with E-state index in [1.807, 2.05) is 37.4 Å². The zero-order valence-electron chi connectivity index (χ0n) is 17.5. The van der Waals surface area contributed by atoms with Crippen molar-refractivity contribution in [1.82, 2.24) is 9.88 Å². The van der Waals surface area contributed by atoms with Crippen LogP contribution in [0.25, 0.3) is 10.9 Å². The van der Waals surface area contributed by atoms with E-state index in [1.165, 1.54) is 11.1 Å². The minimum atomic E-state index is -0.968. The predicted molar refractivity (Wildman–Crippen MR) is 122 cm³/mol. The lowest BCUT2D eigenvalue weighted by Crippen LogP contribution is -2.27. The van der Waals surface area contributed by atoms with Crippen LogP contribution in [0.3, 0.4) is 0 Å². The van der Waals surface area contributed by atoms with Gasteiger partial charge in [-0.2, -0.15) is 0 Å². The van der Waals surface area contributed by atoms with E-state index in [9.17, 15) is 9.59 Å². The molecule has 1 aromatic heterocycles. The Morgan fingerprint density at radius 2 is 1.68 bits per heavy atom. The fourth-order valence-electron chi connectivity index (χ4n) is 3.74. The number of amides is 1. The second-order valence-electron chi connectivity index (χ2n) is 7.79. The predicted octanol–water partition coefficient (Wildman–Crippen LogP) is 5.19. The second kappa shape index (κ2) is 8.48. The number of aromatic carboxylic acids is 1. The Kier molecular flexibility index (Phi) is 5.58. The summed E-state index contributed by atoms with van der Waals surface area (Å²) in [6, 6.07) is 22.4. The van der Waals surface area contributed by atoms with E-state index in [4.69, 9.17) is 5.11 Å². The van der Waals surface area contributed by atoms with Crippen molar-refractivity contribution in [3.63, 3.8) is 0 Å². The van der Waals surface area contributed by atoms with Gasteiger partial charge in [0.2, 0.25) is 0 Å². The molecule has 0 saturated carbocycles. The number of aromatic nitrogens is 1. The average molecular weight is 412 g/mol. The lowest BCUT2D eigenvalue weighted by Gasteiger charge is -2.16. The summed E-state index contributed by atoms with van der Waals surface area (Å²) in [6.07, 6.45) is 2.01. The Morgan fingerprint density at radius 1 is 0.968 bits per heavy atom. The maximum absolute atomic E-state index is 13.1. The van der Waals surface area contributed by atoms with Gasteiger partial charge < -0.3 is 15.0 Å². The topological polar surface area (TPSA) is 71.3 Å². The number of carbonyl (C=O) groups is 2. The maximum atomic E-state index is 13.1. The first-order chi connectivity index (χ1) is 14.9. The summed E-state index contributed by atoms with van der Waals surface area (Å²) >= 11 is 0. The number of carbonyl (C=O) groups excluding carboxylic acids is 1. The minimum absolute atomic E-state index is 0.163. The standard InChI is InChI=1S/C26H24N2O3/c1-17-6-8-19(9-7-17)16-28-15-14-21-4-3-5-23(24(21)28)25(29)27-18(2)20-10-12-22(13-11-20)26(30)31/h3-15,18H,16H2,1-2H3,(H,27,29)(H,30,31)/t18-/m0/s1. The lowest BCUT2D eigenvalue weighted by atomic mass is 10.0. The molecule has 3 aromatic carbocycles. The van der Waals surface area contributed by atoms with Gasteiger partial charge in [0, 0.05) is 18.1 Å². The van der Waals surface area contributed by atoms with Crippen LogP contribution in [0.5, 0.6) is 0 Å². The number of nitrogens with zero attached hydrogens (tertiary/aromatic N) is 1. The first-order valence-electron chi connectivity index (χ1n) is 10.2. The molecule has 0 radical (unpaired) electrons. The van der Waals surface area contributed by atoms with Crippen LogP contribution in [-0.2, 0) is 6.54 Å². The van der Waals surface area contributed by atoms with E-state index in [1.54, 1.807) is 24.3 Å². The molecule has 156 valence electrons. The second-order valence-corrected chi connectivity index (χ2v) is 7.79. The van der Waals surface area contributed by atoms with Gasteiger partial charge in [-0.1, -0.05) is 54.1 Å². The largest absolute Gasteiger partial charge is 0.478 e. The van der Waals surface area contributed by atoms with Crippen molar-refractivity contribution < 1.29 is 14.7 Å². The van der Waals surface area contributed by atoms with Gasteiger partial charge in [0.1, 0.15) is 0 Å². The normalized spacial score (nSPS) is 11.9. The molecule has 0 aliphatic rings. The number of fused-ring (bicyclic) bond motifs is 1. The molecule has 0 bridgehead atoms. The Morgan fingerprint density at radius 3 is 2.35 bits per heavy atom. The number of hydrogen-bond acceptors (Lipinski definition) is 2. The van der Waals surface area contributed by atoms with E-state index in [-0.39, 0.29) is 17.5 Å². The number of benzene rings is 3. The molecule has 1 amide bonds. The fraction of sp³-hybridized carbons (Fsp3) is 0.154. The smallest absolute Gasteiger partial charge is 0.335 e. The number of hydrogen-bond donors (Lipinski definition) is 2. The number of carboxylic acids is 1. The SMILES string of the molecule is Cc1ccc(Cn2ccc3cccc(C(=O)N[C@@H](C)c4ccc(C(=O)O)cc4)c32)cc1. The molecule has 1 atom stereocenters. The number of para-hydroxylation sites is 1. The molecule has 1 heterocycles. The Labute approximate surface area is 181 Å². The molecule has 0 spiro atoms. The summed E-state index contributed by atoms with van der Waals surface area (Å²) in [7, 11) is 0. The third-order valence-corrected chi connectivity index (χ3v) is 5.51. The molecular formula is C26H24N2O3. The van der Waals surface area contributed by atoms with Crippen LogP contribution >= 0.6 is 0 Å². The molecule has 4 rings (SSSR count).